The largest absolute Gasteiger partial charge is 0.339 e. The molecule has 7 nitrogen and oxygen atoms in total. The highest BCUT2D eigenvalue weighted by atomic mass is 32.2. The smallest absolute Gasteiger partial charge is 0.233 e. The van der Waals surface area contributed by atoms with Gasteiger partial charge in [-0.05, 0) is 36.1 Å². The second-order valence-corrected chi connectivity index (χ2v) is 9.43. The molecule has 166 valence electrons. The molecule has 3 heterocycles. The number of hydrogen-bond donors (Lipinski definition) is 0. The van der Waals surface area contributed by atoms with Crippen LogP contribution in [0.25, 0.3) is 0 Å². The van der Waals surface area contributed by atoms with E-state index >= 15 is 0 Å². The fourth-order valence-electron chi connectivity index (χ4n) is 4.08. The molecule has 1 aliphatic carbocycles. The van der Waals surface area contributed by atoms with Crippen molar-refractivity contribution in [2.45, 2.75) is 37.0 Å². The van der Waals surface area contributed by atoms with E-state index in [1.165, 1.54) is 35.7 Å². The first-order valence-corrected chi connectivity index (χ1v) is 12.2. The molecule has 8 heteroatoms. The molecule has 1 saturated heterocycles. The monoisotopic (exact) mass is 448 g/mol. The summed E-state index contributed by atoms with van der Waals surface area (Å²) in [6.45, 7) is 5.00. The van der Waals surface area contributed by atoms with Crippen molar-refractivity contribution < 1.29 is 4.79 Å². The van der Waals surface area contributed by atoms with Gasteiger partial charge in [0.1, 0.15) is 5.82 Å². The van der Waals surface area contributed by atoms with Gasteiger partial charge in [0, 0.05) is 51.0 Å². The number of thioether (sulfide) groups is 1. The summed E-state index contributed by atoms with van der Waals surface area (Å²) in [6, 6.07) is 14.5. The van der Waals surface area contributed by atoms with E-state index in [-0.39, 0.29) is 5.91 Å². The van der Waals surface area contributed by atoms with Gasteiger partial charge in [-0.2, -0.15) is 0 Å². The zero-order valence-corrected chi connectivity index (χ0v) is 19.0. The van der Waals surface area contributed by atoms with E-state index in [1.807, 2.05) is 23.4 Å². The second kappa shape index (κ2) is 9.83. The molecule has 2 aliphatic rings. The normalized spacial score (nSPS) is 16.9. The van der Waals surface area contributed by atoms with Crippen LogP contribution >= 0.6 is 11.8 Å². The molecule has 1 amide bonds. The van der Waals surface area contributed by atoms with Crippen molar-refractivity contribution in [3.05, 3.63) is 71.8 Å². The minimum atomic E-state index is 0.181. The summed E-state index contributed by atoms with van der Waals surface area (Å²) in [5.74, 6) is 2.17. The topological polar surface area (TPSA) is 67.2 Å². The number of rotatable bonds is 8. The average Bonchev–Trinajstić information content (AvgIpc) is 3.61. The van der Waals surface area contributed by atoms with Crippen LogP contribution in [-0.2, 0) is 17.9 Å². The van der Waals surface area contributed by atoms with Gasteiger partial charge in [0.05, 0.1) is 12.3 Å². The summed E-state index contributed by atoms with van der Waals surface area (Å²) in [6.07, 6.45) is 6.02. The maximum Gasteiger partial charge on any atom is 0.233 e. The highest BCUT2D eigenvalue weighted by Gasteiger charge is 2.31. The first kappa shape index (κ1) is 21.2. The van der Waals surface area contributed by atoms with E-state index in [2.05, 4.69) is 61.0 Å². The van der Waals surface area contributed by atoms with Gasteiger partial charge in [-0.3, -0.25) is 14.7 Å². The Bertz CT molecular complexity index is 1030. The van der Waals surface area contributed by atoms with Crippen LogP contribution in [-0.4, -0.2) is 67.4 Å². The lowest BCUT2D eigenvalue weighted by atomic mass is 10.2. The second-order valence-electron chi connectivity index (χ2n) is 8.49. The number of carbonyl (C=O) groups is 1. The summed E-state index contributed by atoms with van der Waals surface area (Å²) in [5, 5.41) is 9.76. The van der Waals surface area contributed by atoms with Crippen LogP contribution in [0.2, 0.25) is 0 Å². The molecule has 2 fully saturated rings. The molecule has 0 unspecified atom stereocenters. The van der Waals surface area contributed by atoms with Crippen LogP contribution in [0.5, 0.6) is 0 Å². The predicted octanol–water partition coefficient (Wildman–Crippen LogP) is 3.04. The van der Waals surface area contributed by atoms with Gasteiger partial charge in [-0.1, -0.05) is 42.1 Å². The summed E-state index contributed by atoms with van der Waals surface area (Å²) in [4.78, 5) is 21.3. The molecular formula is C24H28N6OS. The maximum absolute atomic E-state index is 12.9. The zero-order chi connectivity index (χ0) is 21.8. The van der Waals surface area contributed by atoms with Crippen molar-refractivity contribution >= 4 is 17.7 Å². The lowest BCUT2D eigenvalue weighted by Gasteiger charge is -2.34. The number of amides is 1. The molecule has 2 aromatic heterocycles. The van der Waals surface area contributed by atoms with Crippen LogP contribution in [0.4, 0.5) is 0 Å². The van der Waals surface area contributed by atoms with Crippen LogP contribution in [0.15, 0.2) is 60.0 Å². The molecular weight excluding hydrogens is 420 g/mol. The molecule has 0 atom stereocenters. The third kappa shape index (κ3) is 5.19. The Hall–Kier alpha value is -2.71. The van der Waals surface area contributed by atoms with Gasteiger partial charge in [-0.15, -0.1) is 10.2 Å². The van der Waals surface area contributed by atoms with Crippen molar-refractivity contribution in [3.8, 4) is 0 Å². The van der Waals surface area contributed by atoms with Gasteiger partial charge >= 0.3 is 0 Å². The number of carbonyl (C=O) groups excluding carboxylic acids is 1. The Kier molecular flexibility index (Phi) is 6.50. The first-order valence-electron chi connectivity index (χ1n) is 11.2. The molecule has 0 spiro atoms. The van der Waals surface area contributed by atoms with E-state index in [0.29, 0.717) is 11.7 Å². The fourth-order valence-corrected chi connectivity index (χ4v) is 4.93. The van der Waals surface area contributed by atoms with Gasteiger partial charge in [0.15, 0.2) is 5.16 Å². The third-order valence-corrected chi connectivity index (χ3v) is 7.03. The molecule has 1 saturated carbocycles. The van der Waals surface area contributed by atoms with Gasteiger partial charge in [-0.25, -0.2) is 0 Å². The van der Waals surface area contributed by atoms with Crippen molar-refractivity contribution in [2.75, 3.05) is 31.9 Å². The number of nitrogens with zero attached hydrogens (tertiary/aromatic N) is 6. The Morgan fingerprint density at radius 1 is 0.906 bits per heavy atom. The molecule has 32 heavy (non-hydrogen) atoms. The van der Waals surface area contributed by atoms with Crippen LogP contribution in [0.3, 0.4) is 0 Å². The summed E-state index contributed by atoms with van der Waals surface area (Å²) in [5.41, 5.74) is 2.49. The lowest BCUT2D eigenvalue weighted by Crippen LogP contribution is -2.48. The number of hydrogen-bond acceptors (Lipinski definition) is 6. The van der Waals surface area contributed by atoms with Crippen molar-refractivity contribution in [1.29, 1.82) is 0 Å². The molecule has 3 aromatic rings. The van der Waals surface area contributed by atoms with Crippen LogP contribution in [0.1, 0.15) is 35.7 Å². The Morgan fingerprint density at radius 2 is 1.62 bits per heavy atom. The quantitative estimate of drug-likeness (QED) is 0.494. The van der Waals surface area contributed by atoms with E-state index in [4.69, 9.17) is 0 Å². The molecule has 5 rings (SSSR count). The molecule has 0 radical (unpaired) electrons. The summed E-state index contributed by atoms with van der Waals surface area (Å²) >= 11 is 1.52. The maximum atomic E-state index is 12.9. The van der Waals surface area contributed by atoms with Crippen molar-refractivity contribution in [1.82, 2.24) is 29.5 Å². The Balaban J connectivity index is 1.16. The van der Waals surface area contributed by atoms with Crippen molar-refractivity contribution in [3.63, 3.8) is 0 Å². The van der Waals surface area contributed by atoms with Crippen LogP contribution < -0.4 is 0 Å². The number of pyridine rings is 1. The molecule has 1 aromatic carbocycles. The average molecular weight is 449 g/mol. The van der Waals surface area contributed by atoms with Gasteiger partial charge < -0.3 is 9.47 Å². The number of piperazine rings is 1. The number of aromatic nitrogens is 4. The van der Waals surface area contributed by atoms with Gasteiger partial charge in [0.2, 0.25) is 5.91 Å². The molecule has 0 N–H and O–H groups in total. The van der Waals surface area contributed by atoms with Crippen molar-refractivity contribution in [2.24, 2.45) is 0 Å². The standard InChI is InChI=1S/C24H28N6OS/c31-22(29-14-12-28(13-15-29)16-20-8-10-25-11-9-20)18-32-24-27-26-23(21-6-7-21)30(24)17-19-4-2-1-3-5-19/h1-5,8-11,21H,6-7,12-18H2. The minimum absolute atomic E-state index is 0.181. The fraction of sp³-hybridized carbons (Fsp3) is 0.417. The Morgan fingerprint density at radius 3 is 2.34 bits per heavy atom. The highest BCUT2D eigenvalue weighted by molar-refractivity contribution is 7.99. The minimum Gasteiger partial charge on any atom is -0.339 e. The van der Waals surface area contributed by atoms with E-state index in [9.17, 15) is 4.79 Å². The third-order valence-electron chi connectivity index (χ3n) is 6.08. The number of benzene rings is 1. The highest BCUT2D eigenvalue weighted by Crippen LogP contribution is 2.40. The van der Waals surface area contributed by atoms with E-state index in [1.54, 1.807) is 0 Å². The van der Waals surface area contributed by atoms with Crippen LogP contribution in [0, 0.1) is 0 Å². The lowest BCUT2D eigenvalue weighted by molar-refractivity contribution is -0.130. The molecule has 1 aliphatic heterocycles. The Labute approximate surface area is 192 Å². The van der Waals surface area contributed by atoms with E-state index in [0.717, 1.165) is 50.2 Å². The van der Waals surface area contributed by atoms with Gasteiger partial charge in [0.25, 0.3) is 0 Å². The summed E-state index contributed by atoms with van der Waals surface area (Å²) in [7, 11) is 0. The SMILES string of the molecule is O=C(CSc1nnc(C2CC2)n1Cc1ccccc1)N1CCN(Cc2ccncc2)CC1. The first-order chi connectivity index (χ1) is 15.8. The predicted molar refractivity (Wildman–Crippen MR) is 124 cm³/mol. The van der Waals surface area contributed by atoms with E-state index < -0.39 is 0 Å². The zero-order valence-electron chi connectivity index (χ0n) is 18.1. The molecule has 0 bridgehead atoms. The summed E-state index contributed by atoms with van der Waals surface area (Å²) < 4.78 is 2.21.